The highest BCUT2D eigenvalue weighted by atomic mass is 16.5. The number of hydrogen-bond donors (Lipinski definition) is 0. The zero-order valence-corrected chi connectivity index (χ0v) is 17.9. The molecule has 1 fully saturated rings. The molecule has 0 bridgehead atoms. The van der Waals surface area contributed by atoms with E-state index in [9.17, 15) is 0 Å². The SMILES string of the molecule is C=Cc1nc(C)cc(-c2cnn3cc(N4CC(OCCN(C)C)C4)cnc23)c1C=C. The monoisotopic (exact) mass is 404 g/mol. The number of fused-ring (bicyclic) bond motifs is 1. The fourth-order valence-corrected chi connectivity index (χ4v) is 3.67. The lowest BCUT2D eigenvalue weighted by molar-refractivity contribution is 0.0268. The Kier molecular flexibility index (Phi) is 5.65. The van der Waals surface area contributed by atoms with E-state index < -0.39 is 0 Å². The van der Waals surface area contributed by atoms with Crippen molar-refractivity contribution < 1.29 is 4.74 Å². The summed E-state index contributed by atoms with van der Waals surface area (Å²) in [5, 5.41) is 4.56. The van der Waals surface area contributed by atoms with Crippen molar-refractivity contribution in [3.05, 3.63) is 54.8 Å². The summed E-state index contributed by atoms with van der Waals surface area (Å²) in [5.41, 5.74) is 6.50. The Labute approximate surface area is 177 Å². The van der Waals surface area contributed by atoms with Gasteiger partial charge in [0.05, 0.1) is 42.7 Å². The van der Waals surface area contributed by atoms with Crippen LogP contribution in [0.5, 0.6) is 0 Å². The van der Waals surface area contributed by atoms with E-state index in [4.69, 9.17) is 9.72 Å². The Bertz CT molecular complexity index is 1080. The summed E-state index contributed by atoms with van der Waals surface area (Å²) in [6.07, 6.45) is 9.63. The number of likely N-dealkylation sites (N-methyl/N-ethyl adjacent to an activating group) is 1. The fourth-order valence-electron chi connectivity index (χ4n) is 3.67. The molecule has 3 aromatic rings. The fraction of sp³-hybridized carbons (Fsp3) is 0.348. The molecule has 4 rings (SSSR count). The first kappa shape index (κ1) is 20.3. The van der Waals surface area contributed by atoms with Crippen LogP contribution in [0.4, 0.5) is 5.69 Å². The first-order chi connectivity index (χ1) is 14.5. The summed E-state index contributed by atoms with van der Waals surface area (Å²) in [6.45, 7) is 13.3. The first-order valence-electron chi connectivity index (χ1n) is 10.1. The van der Waals surface area contributed by atoms with Crippen molar-refractivity contribution in [3.63, 3.8) is 0 Å². The van der Waals surface area contributed by atoms with Crippen LogP contribution in [-0.2, 0) is 4.74 Å². The summed E-state index contributed by atoms with van der Waals surface area (Å²) in [4.78, 5) is 13.7. The minimum absolute atomic E-state index is 0.279. The Morgan fingerprint density at radius 1 is 1.20 bits per heavy atom. The molecule has 0 atom stereocenters. The molecule has 0 aliphatic carbocycles. The first-order valence-corrected chi connectivity index (χ1v) is 10.1. The molecular formula is C23H28N6O. The van der Waals surface area contributed by atoms with Crippen LogP contribution in [0.2, 0.25) is 0 Å². The molecule has 0 saturated carbocycles. The molecule has 30 heavy (non-hydrogen) atoms. The maximum atomic E-state index is 5.90. The molecule has 1 aliphatic heterocycles. The largest absolute Gasteiger partial charge is 0.373 e. The highest BCUT2D eigenvalue weighted by molar-refractivity contribution is 5.86. The lowest BCUT2D eigenvalue weighted by Crippen LogP contribution is -2.53. The third-order valence-corrected chi connectivity index (χ3v) is 5.35. The summed E-state index contributed by atoms with van der Waals surface area (Å²) in [6, 6.07) is 2.04. The predicted molar refractivity (Wildman–Crippen MR) is 122 cm³/mol. The van der Waals surface area contributed by atoms with Crippen molar-refractivity contribution in [1.29, 1.82) is 0 Å². The van der Waals surface area contributed by atoms with Crippen LogP contribution >= 0.6 is 0 Å². The van der Waals surface area contributed by atoms with E-state index in [2.05, 4.69) is 47.1 Å². The summed E-state index contributed by atoms with van der Waals surface area (Å²) >= 11 is 0. The molecule has 7 nitrogen and oxygen atoms in total. The minimum atomic E-state index is 0.279. The second kappa shape index (κ2) is 8.38. The minimum Gasteiger partial charge on any atom is -0.373 e. The van der Waals surface area contributed by atoms with Gasteiger partial charge in [0.2, 0.25) is 0 Å². The molecule has 3 aromatic heterocycles. The molecule has 0 aromatic carbocycles. The van der Waals surface area contributed by atoms with Crippen molar-refractivity contribution in [2.24, 2.45) is 0 Å². The van der Waals surface area contributed by atoms with Crippen LogP contribution in [0.1, 0.15) is 17.0 Å². The van der Waals surface area contributed by atoms with E-state index in [1.807, 2.05) is 42.2 Å². The normalized spacial score (nSPS) is 14.3. The second-order valence-corrected chi connectivity index (χ2v) is 7.86. The third-order valence-electron chi connectivity index (χ3n) is 5.35. The van der Waals surface area contributed by atoms with Crippen molar-refractivity contribution in [1.82, 2.24) is 24.5 Å². The van der Waals surface area contributed by atoms with E-state index >= 15 is 0 Å². The van der Waals surface area contributed by atoms with E-state index in [-0.39, 0.29) is 6.10 Å². The van der Waals surface area contributed by atoms with Crippen molar-refractivity contribution in [2.75, 3.05) is 45.2 Å². The van der Waals surface area contributed by atoms with Crippen LogP contribution in [-0.4, -0.2) is 70.9 Å². The number of aryl methyl sites for hydroxylation is 1. The number of rotatable bonds is 8. The number of aromatic nitrogens is 4. The van der Waals surface area contributed by atoms with Crippen LogP contribution < -0.4 is 4.90 Å². The Hall–Kier alpha value is -3.03. The Morgan fingerprint density at radius 2 is 2.00 bits per heavy atom. The van der Waals surface area contributed by atoms with Gasteiger partial charge in [-0.05, 0) is 38.7 Å². The molecular weight excluding hydrogens is 376 g/mol. The Morgan fingerprint density at radius 3 is 2.70 bits per heavy atom. The molecule has 0 N–H and O–H groups in total. The molecule has 0 unspecified atom stereocenters. The average Bonchev–Trinajstić information content (AvgIpc) is 3.11. The number of hydrogen-bond acceptors (Lipinski definition) is 6. The third kappa shape index (κ3) is 3.86. The lowest BCUT2D eigenvalue weighted by Gasteiger charge is -2.40. The van der Waals surface area contributed by atoms with Crippen LogP contribution in [0.3, 0.4) is 0 Å². The van der Waals surface area contributed by atoms with Crippen molar-refractivity contribution >= 4 is 23.5 Å². The van der Waals surface area contributed by atoms with Crippen LogP contribution in [0.25, 0.3) is 28.9 Å². The van der Waals surface area contributed by atoms with E-state index in [1.54, 1.807) is 6.08 Å². The second-order valence-electron chi connectivity index (χ2n) is 7.86. The highest BCUT2D eigenvalue weighted by Crippen LogP contribution is 2.31. The smallest absolute Gasteiger partial charge is 0.162 e. The number of anilines is 1. The van der Waals surface area contributed by atoms with Crippen molar-refractivity contribution in [2.45, 2.75) is 13.0 Å². The van der Waals surface area contributed by atoms with Crippen molar-refractivity contribution in [3.8, 4) is 11.1 Å². The molecule has 1 saturated heterocycles. The van der Waals surface area contributed by atoms with Gasteiger partial charge in [0.15, 0.2) is 5.65 Å². The number of nitrogens with zero attached hydrogens (tertiary/aromatic N) is 6. The Balaban J connectivity index is 1.55. The summed E-state index contributed by atoms with van der Waals surface area (Å²) in [5.74, 6) is 0. The van der Waals surface area contributed by atoms with E-state index in [0.717, 1.165) is 65.7 Å². The molecule has 0 amide bonds. The standard InChI is InChI=1S/C23H28N6O/c1-6-19-20(10-16(3)26-22(19)7-2)21-12-25-29-13-17(11-24-23(21)29)28-14-18(15-28)30-9-8-27(4)5/h6-7,10-13,18H,1-2,8-9,14-15H2,3-5H3. The van der Waals surface area contributed by atoms with E-state index in [1.165, 1.54) is 0 Å². The van der Waals surface area contributed by atoms with Crippen LogP contribution in [0, 0.1) is 6.92 Å². The maximum absolute atomic E-state index is 5.90. The zero-order chi connectivity index (χ0) is 21.3. The van der Waals surface area contributed by atoms with Gasteiger partial charge in [0, 0.05) is 36.5 Å². The van der Waals surface area contributed by atoms with Gasteiger partial charge in [-0.25, -0.2) is 9.50 Å². The molecule has 0 spiro atoms. The lowest BCUT2D eigenvalue weighted by atomic mass is 10.00. The summed E-state index contributed by atoms with van der Waals surface area (Å²) < 4.78 is 7.73. The molecule has 0 radical (unpaired) electrons. The average molecular weight is 405 g/mol. The molecule has 156 valence electrons. The molecule has 4 heterocycles. The highest BCUT2D eigenvalue weighted by Gasteiger charge is 2.28. The van der Waals surface area contributed by atoms with E-state index in [0.29, 0.717) is 0 Å². The van der Waals surface area contributed by atoms with Gasteiger partial charge < -0.3 is 14.5 Å². The quantitative estimate of drug-likeness (QED) is 0.575. The molecule has 7 heteroatoms. The maximum Gasteiger partial charge on any atom is 0.162 e. The van der Waals surface area contributed by atoms with Gasteiger partial charge in [0.25, 0.3) is 0 Å². The van der Waals surface area contributed by atoms with Gasteiger partial charge in [-0.2, -0.15) is 5.10 Å². The topological polar surface area (TPSA) is 58.8 Å². The van der Waals surface area contributed by atoms with Gasteiger partial charge >= 0.3 is 0 Å². The van der Waals surface area contributed by atoms with Gasteiger partial charge in [0.1, 0.15) is 0 Å². The molecule has 1 aliphatic rings. The van der Waals surface area contributed by atoms with Gasteiger partial charge in [-0.15, -0.1) is 0 Å². The zero-order valence-electron chi connectivity index (χ0n) is 17.9. The number of ether oxygens (including phenoxy) is 1. The van der Waals surface area contributed by atoms with Gasteiger partial charge in [-0.3, -0.25) is 4.98 Å². The predicted octanol–water partition coefficient (Wildman–Crippen LogP) is 3.15. The van der Waals surface area contributed by atoms with Crippen LogP contribution in [0.15, 0.2) is 37.8 Å². The van der Waals surface area contributed by atoms with Gasteiger partial charge in [-0.1, -0.05) is 19.2 Å². The summed E-state index contributed by atoms with van der Waals surface area (Å²) in [7, 11) is 4.11. The number of pyridine rings is 1.